The van der Waals surface area contributed by atoms with E-state index < -0.39 is 0 Å². The number of amides is 1. The molecule has 6 heteroatoms. The van der Waals surface area contributed by atoms with Gasteiger partial charge in [-0.05, 0) is 29.1 Å². The lowest BCUT2D eigenvalue weighted by Gasteiger charge is -2.37. The highest BCUT2D eigenvalue weighted by molar-refractivity contribution is 7.10. The highest BCUT2D eigenvalue weighted by Crippen LogP contribution is 2.25. The molecule has 25 heavy (non-hydrogen) atoms. The van der Waals surface area contributed by atoms with Crippen LogP contribution >= 0.6 is 11.3 Å². The van der Waals surface area contributed by atoms with E-state index in [0.29, 0.717) is 32.6 Å². The van der Waals surface area contributed by atoms with E-state index in [1.54, 1.807) is 18.4 Å². The van der Waals surface area contributed by atoms with E-state index in [1.807, 2.05) is 46.7 Å². The average molecular weight is 355 g/mol. The molecule has 1 unspecified atom stereocenters. The minimum absolute atomic E-state index is 0.164. The van der Waals surface area contributed by atoms with E-state index >= 15 is 0 Å². The molecule has 2 heterocycles. The van der Waals surface area contributed by atoms with Crippen LogP contribution in [0.1, 0.15) is 16.5 Å². The fraction of sp³-hybridized carbons (Fsp3) is 0.368. The molecule has 5 nitrogen and oxygen atoms in total. The lowest BCUT2D eigenvalue weighted by atomic mass is 10.1. The summed E-state index contributed by atoms with van der Waals surface area (Å²) in [6, 6.07) is 13.7. The second kappa shape index (κ2) is 8.15. The van der Waals surface area contributed by atoms with Gasteiger partial charge in [0.25, 0.3) is 0 Å². The number of benzene rings is 1. The zero-order valence-electron chi connectivity index (χ0n) is 14.2. The van der Waals surface area contributed by atoms with Crippen molar-refractivity contribution in [3.05, 3.63) is 52.2 Å². The summed E-state index contributed by atoms with van der Waals surface area (Å²) in [5, 5.41) is 11.6. The van der Waals surface area contributed by atoms with Gasteiger partial charge in [-0.1, -0.05) is 18.2 Å². The quantitative estimate of drug-likeness (QED) is 0.827. The summed E-state index contributed by atoms with van der Waals surface area (Å²) in [7, 11) is 1.62. The predicted molar refractivity (Wildman–Crippen MR) is 97.5 cm³/mol. The zero-order valence-corrected chi connectivity index (χ0v) is 15.0. The molecule has 130 valence electrons. The Hall–Kier alpha value is -2.36. The number of rotatable bonds is 5. The van der Waals surface area contributed by atoms with Crippen LogP contribution in [0.2, 0.25) is 0 Å². The van der Waals surface area contributed by atoms with E-state index in [-0.39, 0.29) is 11.9 Å². The van der Waals surface area contributed by atoms with Gasteiger partial charge >= 0.3 is 0 Å². The van der Waals surface area contributed by atoms with Crippen LogP contribution in [-0.4, -0.2) is 49.0 Å². The Kier molecular flexibility index (Phi) is 5.69. The first-order valence-electron chi connectivity index (χ1n) is 8.29. The Labute approximate surface area is 152 Å². The van der Waals surface area contributed by atoms with Gasteiger partial charge in [0.1, 0.15) is 11.8 Å². The molecule has 2 aromatic rings. The molecular formula is C19H21N3O2S. The molecule has 1 aromatic heterocycles. The number of methoxy groups -OCH3 is 1. The summed E-state index contributed by atoms with van der Waals surface area (Å²) in [6.45, 7) is 2.72. The maximum atomic E-state index is 12.4. The lowest BCUT2D eigenvalue weighted by Crippen LogP contribution is -2.49. The number of carbonyl (C=O) groups is 1. The highest BCUT2D eigenvalue weighted by atomic mass is 32.1. The Morgan fingerprint density at radius 3 is 2.72 bits per heavy atom. The maximum absolute atomic E-state index is 12.4. The Bertz CT molecular complexity index is 746. The average Bonchev–Trinajstić information content (AvgIpc) is 3.16. The molecule has 0 radical (unpaired) electrons. The first-order chi connectivity index (χ1) is 12.2. The van der Waals surface area contributed by atoms with Crippen LogP contribution in [0, 0.1) is 11.3 Å². The van der Waals surface area contributed by atoms with Crippen molar-refractivity contribution in [3.8, 4) is 11.8 Å². The van der Waals surface area contributed by atoms with Crippen molar-refractivity contribution in [2.24, 2.45) is 0 Å². The number of nitriles is 1. The smallest absolute Gasteiger partial charge is 0.227 e. The fourth-order valence-corrected chi connectivity index (χ4v) is 3.78. The summed E-state index contributed by atoms with van der Waals surface area (Å²) < 4.78 is 5.26. The second-order valence-electron chi connectivity index (χ2n) is 5.98. The molecule has 0 spiro atoms. The predicted octanol–water partition coefficient (Wildman–Crippen LogP) is 2.71. The Morgan fingerprint density at radius 2 is 2.08 bits per heavy atom. The monoisotopic (exact) mass is 355 g/mol. The molecule has 3 rings (SSSR count). The lowest BCUT2D eigenvalue weighted by molar-refractivity contribution is -0.132. The molecule has 0 aliphatic carbocycles. The Balaban J connectivity index is 1.60. The van der Waals surface area contributed by atoms with Crippen molar-refractivity contribution < 1.29 is 9.53 Å². The molecule has 1 aliphatic heterocycles. The first kappa shape index (κ1) is 17.5. The van der Waals surface area contributed by atoms with Crippen LogP contribution in [0.15, 0.2) is 41.8 Å². The third kappa shape index (κ3) is 4.19. The SMILES string of the molecule is COc1cccc(C(C#N)N2CCN(C(=O)Cc3cccs3)CC2)c1. The largest absolute Gasteiger partial charge is 0.497 e. The van der Waals surface area contributed by atoms with E-state index in [4.69, 9.17) is 4.74 Å². The Morgan fingerprint density at radius 1 is 1.28 bits per heavy atom. The van der Waals surface area contributed by atoms with Crippen molar-refractivity contribution in [3.63, 3.8) is 0 Å². The van der Waals surface area contributed by atoms with E-state index in [0.717, 1.165) is 16.2 Å². The molecular weight excluding hydrogens is 334 g/mol. The third-order valence-corrected chi connectivity index (χ3v) is 5.35. The minimum atomic E-state index is -0.315. The normalized spacial score (nSPS) is 16.2. The van der Waals surface area contributed by atoms with Gasteiger partial charge in [-0.25, -0.2) is 0 Å². The van der Waals surface area contributed by atoms with Gasteiger partial charge in [-0.15, -0.1) is 11.3 Å². The standard InChI is InChI=1S/C19H21N3O2S/c1-24-16-5-2-4-15(12-16)18(14-20)21-7-9-22(10-8-21)19(23)13-17-6-3-11-25-17/h2-6,11-12,18H,7-10,13H2,1H3. The fourth-order valence-electron chi connectivity index (χ4n) is 3.08. The number of carbonyl (C=O) groups excluding carboxylic acids is 1. The minimum Gasteiger partial charge on any atom is -0.497 e. The topological polar surface area (TPSA) is 56.6 Å². The number of nitrogens with zero attached hydrogens (tertiary/aromatic N) is 3. The van der Waals surface area contributed by atoms with Gasteiger partial charge in [0.2, 0.25) is 5.91 Å². The van der Waals surface area contributed by atoms with Gasteiger partial charge < -0.3 is 9.64 Å². The van der Waals surface area contributed by atoms with E-state index in [9.17, 15) is 10.1 Å². The van der Waals surface area contributed by atoms with Crippen molar-refractivity contribution in [2.75, 3.05) is 33.3 Å². The maximum Gasteiger partial charge on any atom is 0.227 e. The number of hydrogen-bond donors (Lipinski definition) is 0. The summed E-state index contributed by atoms with van der Waals surface area (Å²) in [5.41, 5.74) is 0.931. The second-order valence-corrected chi connectivity index (χ2v) is 7.01. The van der Waals surface area contributed by atoms with Gasteiger partial charge in [0.05, 0.1) is 19.6 Å². The molecule has 0 N–H and O–H groups in total. The molecule has 0 saturated carbocycles. The summed E-state index contributed by atoms with van der Waals surface area (Å²) >= 11 is 1.61. The number of piperazine rings is 1. The van der Waals surface area contributed by atoms with Crippen LogP contribution < -0.4 is 4.74 Å². The van der Waals surface area contributed by atoms with E-state index in [2.05, 4.69) is 11.0 Å². The van der Waals surface area contributed by atoms with Gasteiger partial charge in [0.15, 0.2) is 0 Å². The highest BCUT2D eigenvalue weighted by Gasteiger charge is 2.27. The summed E-state index contributed by atoms with van der Waals surface area (Å²) in [6.07, 6.45) is 0.467. The van der Waals surface area contributed by atoms with Crippen LogP contribution in [0.4, 0.5) is 0 Å². The molecule has 1 aliphatic rings. The van der Waals surface area contributed by atoms with Crippen LogP contribution in [-0.2, 0) is 11.2 Å². The van der Waals surface area contributed by atoms with Crippen LogP contribution in [0.5, 0.6) is 5.75 Å². The third-order valence-electron chi connectivity index (χ3n) is 4.47. The summed E-state index contributed by atoms with van der Waals surface area (Å²) in [5.74, 6) is 0.916. The first-order valence-corrected chi connectivity index (χ1v) is 9.17. The van der Waals surface area contributed by atoms with E-state index in [1.165, 1.54) is 0 Å². The molecule has 1 atom stereocenters. The van der Waals surface area contributed by atoms with Crippen LogP contribution in [0.25, 0.3) is 0 Å². The molecule has 1 saturated heterocycles. The van der Waals surface area contributed by atoms with Crippen molar-refractivity contribution in [1.29, 1.82) is 5.26 Å². The number of ether oxygens (including phenoxy) is 1. The number of hydrogen-bond acceptors (Lipinski definition) is 5. The van der Waals surface area contributed by atoms with Gasteiger partial charge in [0, 0.05) is 31.1 Å². The van der Waals surface area contributed by atoms with Crippen molar-refractivity contribution in [1.82, 2.24) is 9.80 Å². The van der Waals surface area contributed by atoms with Gasteiger partial charge in [-0.3, -0.25) is 9.69 Å². The molecule has 0 bridgehead atoms. The molecule has 1 fully saturated rings. The summed E-state index contributed by atoms with van der Waals surface area (Å²) in [4.78, 5) is 17.5. The van der Waals surface area contributed by atoms with Crippen molar-refractivity contribution >= 4 is 17.2 Å². The molecule has 1 amide bonds. The van der Waals surface area contributed by atoms with Crippen molar-refractivity contribution in [2.45, 2.75) is 12.5 Å². The van der Waals surface area contributed by atoms with Crippen LogP contribution in [0.3, 0.4) is 0 Å². The van der Waals surface area contributed by atoms with Gasteiger partial charge in [-0.2, -0.15) is 5.26 Å². The molecule has 1 aromatic carbocycles. The zero-order chi connectivity index (χ0) is 17.6. The number of thiophene rings is 1.